The maximum atomic E-state index is 6.02. The number of para-hydroxylation sites is 1. The smallest absolute Gasteiger partial charge is 0.0366 e. The van der Waals surface area contributed by atoms with Gasteiger partial charge >= 0.3 is 0 Å². The normalized spacial score (nSPS) is 17.4. The number of piperidine rings is 1. The lowest BCUT2D eigenvalue weighted by atomic mass is 9.87. The van der Waals surface area contributed by atoms with Gasteiger partial charge in [-0.05, 0) is 31.9 Å². The summed E-state index contributed by atoms with van der Waals surface area (Å²) in [7, 11) is 0. The standard InChI is InChI=1S/C17H25N3/c1-2-3-7-12-19-17(15-18)10-13-20(14-11-17)16-8-5-4-6-9-16/h4-6,8-9,19H,7,10-15,18H2,1H3. The first-order valence-electron chi connectivity index (χ1n) is 7.44. The van der Waals surface area contributed by atoms with E-state index >= 15 is 0 Å². The zero-order chi connectivity index (χ0) is 14.3. The molecule has 108 valence electrons. The summed E-state index contributed by atoms with van der Waals surface area (Å²) in [5.41, 5.74) is 7.43. The summed E-state index contributed by atoms with van der Waals surface area (Å²) in [5, 5.41) is 3.64. The summed E-state index contributed by atoms with van der Waals surface area (Å²) >= 11 is 0. The average molecular weight is 271 g/mol. The van der Waals surface area contributed by atoms with Crippen LogP contribution in [0.5, 0.6) is 0 Å². The van der Waals surface area contributed by atoms with Crippen LogP contribution < -0.4 is 16.0 Å². The summed E-state index contributed by atoms with van der Waals surface area (Å²) in [6.07, 6.45) is 3.09. The highest BCUT2D eigenvalue weighted by Gasteiger charge is 2.32. The lowest BCUT2D eigenvalue weighted by Crippen LogP contribution is -2.58. The molecular weight excluding hydrogens is 246 g/mol. The van der Waals surface area contributed by atoms with Crippen molar-refractivity contribution in [1.82, 2.24) is 5.32 Å². The van der Waals surface area contributed by atoms with Crippen LogP contribution in [-0.2, 0) is 0 Å². The fourth-order valence-electron chi connectivity index (χ4n) is 2.80. The van der Waals surface area contributed by atoms with Crippen molar-refractivity contribution in [2.75, 3.05) is 31.1 Å². The van der Waals surface area contributed by atoms with Gasteiger partial charge in [0.25, 0.3) is 0 Å². The van der Waals surface area contributed by atoms with Crippen molar-refractivity contribution in [3.05, 3.63) is 30.3 Å². The first-order chi connectivity index (χ1) is 9.79. The summed E-state index contributed by atoms with van der Waals surface area (Å²) < 4.78 is 0. The Bertz CT molecular complexity index is 450. The largest absolute Gasteiger partial charge is 0.371 e. The number of anilines is 1. The molecule has 1 aliphatic rings. The van der Waals surface area contributed by atoms with E-state index in [-0.39, 0.29) is 5.54 Å². The fraction of sp³-hybridized carbons (Fsp3) is 0.529. The van der Waals surface area contributed by atoms with Crippen molar-refractivity contribution < 1.29 is 0 Å². The summed E-state index contributed by atoms with van der Waals surface area (Å²) in [4.78, 5) is 2.45. The van der Waals surface area contributed by atoms with Gasteiger partial charge in [0, 0.05) is 43.8 Å². The topological polar surface area (TPSA) is 41.3 Å². The summed E-state index contributed by atoms with van der Waals surface area (Å²) in [6.45, 7) is 5.65. The maximum absolute atomic E-state index is 6.02. The van der Waals surface area contributed by atoms with Crippen LogP contribution in [0.3, 0.4) is 0 Å². The lowest BCUT2D eigenvalue weighted by molar-refractivity contribution is 0.269. The van der Waals surface area contributed by atoms with E-state index < -0.39 is 0 Å². The molecular formula is C17H25N3. The quantitative estimate of drug-likeness (QED) is 0.635. The molecule has 3 nitrogen and oxygen atoms in total. The Balaban J connectivity index is 1.88. The molecule has 0 unspecified atom stereocenters. The van der Waals surface area contributed by atoms with Crippen molar-refractivity contribution in [2.24, 2.45) is 5.73 Å². The first kappa shape index (κ1) is 14.9. The van der Waals surface area contributed by atoms with Gasteiger partial charge in [-0.1, -0.05) is 18.2 Å². The molecule has 0 aromatic heterocycles. The Hall–Kier alpha value is -1.50. The van der Waals surface area contributed by atoms with Gasteiger partial charge in [0.15, 0.2) is 0 Å². The molecule has 1 aromatic rings. The number of benzene rings is 1. The second kappa shape index (κ2) is 7.33. The maximum Gasteiger partial charge on any atom is 0.0366 e. The van der Waals surface area contributed by atoms with Gasteiger partial charge in [0.05, 0.1) is 0 Å². The molecule has 0 saturated carbocycles. The Morgan fingerprint density at radius 3 is 2.55 bits per heavy atom. The van der Waals surface area contributed by atoms with E-state index in [1.165, 1.54) is 5.69 Å². The van der Waals surface area contributed by atoms with Crippen LogP contribution in [0.25, 0.3) is 0 Å². The molecule has 1 saturated heterocycles. The van der Waals surface area contributed by atoms with E-state index in [2.05, 4.69) is 52.4 Å². The third-order valence-corrected chi connectivity index (χ3v) is 4.16. The lowest BCUT2D eigenvalue weighted by Gasteiger charge is -2.42. The molecule has 1 fully saturated rings. The minimum absolute atomic E-state index is 0.0979. The van der Waals surface area contributed by atoms with Crippen LogP contribution in [0.1, 0.15) is 26.2 Å². The van der Waals surface area contributed by atoms with E-state index in [1.54, 1.807) is 0 Å². The molecule has 3 N–H and O–H groups in total. The van der Waals surface area contributed by atoms with Gasteiger partial charge in [-0.3, -0.25) is 0 Å². The molecule has 0 amide bonds. The predicted octanol–water partition coefficient (Wildman–Crippen LogP) is 1.99. The molecule has 0 aliphatic carbocycles. The number of nitrogens with zero attached hydrogens (tertiary/aromatic N) is 1. The van der Waals surface area contributed by atoms with Crippen molar-refractivity contribution in [3.63, 3.8) is 0 Å². The number of rotatable bonds is 5. The minimum Gasteiger partial charge on any atom is -0.371 e. The van der Waals surface area contributed by atoms with E-state index in [9.17, 15) is 0 Å². The van der Waals surface area contributed by atoms with Gasteiger partial charge in [-0.25, -0.2) is 0 Å². The monoisotopic (exact) mass is 271 g/mol. The molecule has 0 spiro atoms. The number of nitrogens with one attached hydrogen (secondary N) is 1. The highest BCUT2D eigenvalue weighted by atomic mass is 15.2. The van der Waals surface area contributed by atoms with Crippen LogP contribution in [-0.4, -0.2) is 31.7 Å². The average Bonchev–Trinajstić information content (AvgIpc) is 2.53. The van der Waals surface area contributed by atoms with Gasteiger partial charge in [0.2, 0.25) is 0 Å². The number of nitrogens with two attached hydrogens (primary N) is 1. The Morgan fingerprint density at radius 1 is 1.25 bits per heavy atom. The Labute approximate surface area is 122 Å². The zero-order valence-corrected chi connectivity index (χ0v) is 12.4. The van der Waals surface area contributed by atoms with Crippen LogP contribution in [0, 0.1) is 11.8 Å². The van der Waals surface area contributed by atoms with Crippen LogP contribution in [0.15, 0.2) is 30.3 Å². The third-order valence-electron chi connectivity index (χ3n) is 4.16. The Morgan fingerprint density at radius 2 is 1.95 bits per heavy atom. The number of hydrogen-bond donors (Lipinski definition) is 2. The van der Waals surface area contributed by atoms with Crippen molar-refractivity contribution in [3.8, 4) is 11.8 Å². The van der Waals surface area contributed by atoms with Gasteiger partial charge in [0.1, 0.15) is 0 Å². The predicted molar refractivity (Wildman–Crippen MR) is 85.7 cm³/mol. The summed E-state index contributed by atoms with van der Waals surface area (Å²) in [5.74, 6) is 6.04. The van der Waals surface area contributed by atoms with Gasteiger partial charge < -0.3 is 16.0 Å². The molecule has 20 heavy (non-hydrogen) atoms. The molecule has 1 heterocycles. The van der Waals surface area contributed by atoms with E-state index in [0.717, 1.165) is 38.9 Å². The zero-order valence-electron chi connectivity index (χ0n) is 12.4. The molecule has 1 aromatic carbocycles. The highest BCUT2D eigenvalue weighted by Crippen LogP contribution is 2.25. The second-order valence-electron chi connectivity index (χ2n) is 5.41. The fourth-order valence-corrected chi connectivity index (χ4v) is 2.80. The Kier molecular flexibility index (Phi) is 5.46. The SMILES string of the molecule is CC#CCCNC1(CN)CCN(c2ccccc2)CC1. The second-order valence-corrected chi connectivity index (χ2v) is 5.41. The molecule has 3 heteroatoms. The van der Waals surface area contributed by atoms with Crippen LogP contribution in [0.2, 0.25) is 0 Å². The van der Waals surface area contributed by atoms with Crippen LogP contribution in [0.4, 0.5) is 5.69 Å². The van der Waals surface area contributed by atoms with E-state index in [4.69, 9.17) is 5.73 Å². The van der Waals surface area contributed by atoms with E-state index in [0.29, 0.717) is 6.54 Å². The first-order valence-corrected chi connectivity index (χ1v) is 7.44. The van der Waals surface area contributed by atoms with Crippen LogP contribution >= 0.6 is 0 Å². The third kappa shape index (κ3) is 3.75. The molecule has 2 rings (SSSR count). The molecule has 0 radical (unpaired) electrons. The molecule has 1 aliphatic heterocycles. The van der Waals surface area contributed by atoms with Crippen molar-refractivity contribution in [1.29, 1.82) is 0 Å². The van der Waals surface area contributed by atoms with Gasteiger partial charge in [-0.15, -0.1) is 11.8 Å². The summed E-state index contributed by atoms with van der Waals surface area (Å²) in [6, 6.07) is 10.6. The van der Waals surface area contributed by atoms with Crippen molar-refractivity contribution in [2.45, 2.75) is 31.7 Å². The molecule has 0 bridgehead atoms. The van der Waals surface area contributed by atoms with Crippen molar-refractivity contribution >= 4 is 5.69 Å². The van der Waals surface area contributed by atoms with E-state index in [1.807, 2.05) is 6.92 Å². The van der Waals surface area contributed by atoms with Gasteiger partial charge in [-0.2, -0.15) is 0 Å². The molecule has 0 atom stereocenters. The minimum atomic E-state index is 0.0979. The number of hydrogen-bond acceptors (Lipinski definition) is 3. The highest BCUT2D eigenvalue weighted by molar-refractivity contribution is 5.46.